The second-order valence-corrected chi connectivity index (χ2v) is 11.4. The molecule has 0 saturated carbocycles. The highest BCUT2D eigenvalue weighted by Gasteiger charge is 2.35. The zero-order valence-corrected chi connectivity index (χ0v) is 20.8. The van der Waals surface area contributed by atoms with Crippen molar-refractivity contribution < 1.29 is 22.8 Å². The third-order valence-corrected chi connectivity index (χ3v) is 8.03. The Labute approximate surface area is 203 Å². The summed E-state index contributed by atoms with van der Waals surface area (Å²) in [6.07, 6.45) is 4.42. The van der Waals surface area contributed by atoms with E-state index in [1.807, 2.05) is 0 Å². The highest BCUT2D eigenvalue weighted by molar-refractivity contribution is 7.92. The van der Waals surface area contributed by atoms with E-state index < -0.39 is 22.0 Å². The maximum atomic E-state index is 12.9. The molecule has 182 valence electrons. The number of likely N-dealkylation sites (tertiary alicyclic amines) is 2. The lowest BCUT2D eigenvalue weighted by Gasteiger charge is -2.34. The van der Waals surface area contributed by atoms with E-state index in [4.69, 9.17) is 11.6 Å². The molecular weight excluding hydrogens is 488 g/mol. The van der Waals surface area contributed by atoms with Gasteiger partial charge in [0, 0.05) is 42.4 Å². The average molecular weight is 517 g/mol. The number of hydrogen-bond donors (Lipinski definition) is 2. The van der Waals surface area contributed by atoms with Gasteiger partial charge in [0.2, 0.25) is 27.7 Å². The molecule has 0 radical (unpaired) electrons. The van der Waals surface area contributed by atoms with E-state index in [1.165, 1.54) is 22.3 Å². The van der Waals surface area contributed by atoms with E-state index in [0.29, 0.717) is 48.1 Å². The van der Waals surface area contributed by atoms with Crippen LogP contribution in [0.15, 0.2) is 17.5 Å². The molecule has 0 bridgehead atoms. The van der Waals surface area contributed by atoms with Crippen molar-refractivity contribution in [2.75, 3.05) is 26.2 Å². The van der Waals surface area contributed by atoms with Gasteiger partial charge in [0.15, 0.2) is 0 Å². The molecule has 2 atom stereocenters. The summed E-state index contributed by atoms with van der Waals surface area (Å²) in [6.45, 7) is 3.06. The molecular formula is C21H29ClN4O5S2. The zero-order chi connectivity index (χ0) is 24.0. The van der Waals surface area contributed by atoms with E-state index in [-0.39, 0.29) is 24.4 Å². The first-order valence-electron chi connectivity index (χ1n) is 11.0. The van der Waals surface area contributed by atoms with Crippen molar-refractivity contribution in [2.24, 2.45) is 0 Å². The van der Waals surface area contributed by atoms with E-state index in [2.05, 4.69) is 10.0 Å². The van der Waals surface area contributed by atoms with Crippen molar-refractivity contribution in [1.29, 1.82) is 0 Å². The Morgan fingerprint density at radius 2 is 2.00 bits per heavy atom. The maximum absolute atomic E-state index is 12.9. The van der Waals surface area contributed by atoms with Gasteiger partial charge in [0.05, 0.1) is 10.9 Å². The van der Waals surface area contributed by atoms with E-state index >= 15 is 0 Å². The Kier molecular flexibility index (Phi) is 8.91. The molecule has 2 N–H and O–H groups in total. The Balaban J connectivity index is 1.56. The molecule has 9 nitrogen and oxygen atoms in total. The van der Waals surface area contributed by atoms with Gasteiger partial charge in [-0.3, -0.25) is 14.4 Å². The molecule has 12 heteroatoms. The van der Waals surface area contributed by atoms with Crippen LogP contribution in [-0.2, 0) is 24.4 Å². The SMILES string of the molecule is CCC(=O)NC[C@@H]1CCCN1C(=O)CN1CCC[C@H](NS(=O)(=O)/C=C/c2ccc(Cl)s2)C1=O. The van der Waals surface area contributed by atoms with Crippen LogP contribution >= 0.6 is 22.9 Å². The van der Waals surface area contributed by atoms with Crippen LogP contribution in [-0.4, -0.2) is 74.2 Å². The first-order valence-corrected chi connectivity index (χ1v) is 13.7. The van der Waals surface area contributed by atoms with Gasteiger partial charge in [-0.2, -0.15) is 4.72 Å². The highest BCUT2D eigenvalue weighted by Crippen LogP contribution is 2.23. The lowest BCUT2D eigenvalue weighted by Crippen LogP contribution is -2.55. The summed E-state index contributed by atoms with van der Waals surface area (Å²) in [5.74, 6) is -0.651. The minimum Gasteiger partial charge on any atom is -0.354 e. The summed E-state index contributed by atoms with van der Waals surface area (Å²) >= 11 is 7.10. The molecule has 3 amide bonds. The van der Waals surface area contributed by atoms with Gasteiger partial charge >= 0.3 is 0 Å². The number of halogens is 1. The molecule has 0 aromatic carbocycles. The fraction of sp³-hybridized carbons (Fsp3) is 0.571. The monoisotopic (exact) mass is 516 g/mol. The lowest BCUT2D eigenvalue weighted by molar-refractivity contribution is -0.143. The number of piperidine rings is 1. The zero-order valence-electron chi connectivity index (χ0n) is 18.5. The molecule has 0 aliphatic carbocycles. The Morgan fingerprint density at radius 1 is 1.24 bits per heavy atom. The minimum absolute atomic E-state index is 0.0631. The second-order valence-electron chi connectivity index (χ2n) is 8.10. The molecule has 1 aromatic heterocycles. The molecule has 1 aromatic rings. The van der Waals surface area contributed by atoms with Crippen molar-refractivity contribution in [3.63, 3.8) is 0 Å². The second kappa shape index (κ2) is 11.5. The highest BCUT2D eigenvalue weighted by atomic mass is 35.5. The molecule has 2 aliphatic rings. The van der Waals surface area contributed by atoms with Crippen LogP contribution in [0.2, 0.25) is 4.34 Å². The Morgan fingerprint density at radius 3 is 2.70 bits per heavy atom. The predicted molar refractivity (Wildman–Crippen MR) is 128 cm³/mol. The third kappa shape index (κ3) is 7.26. The van der Waals surface area contributed by atoms with Crippen LogP contribution in [0.1, 0.15) is 43.9 Å². The summed E-state index contributed by atoms with van der Waals surface area (Å²) in [7, 11) is -3.85. The summed E-state index contributed by atoms with van der Waals surface area (Å²) < 4.78 is 27.9. The third-order valence-electron chi connectivity index (χ3n) is 5.72. The van der Waals surface area contributed by atoms with Crippen molar-refractivity contribution in [3.05, 3.63) is 26.8 Å². The quantitative estimate of drug-likeness (QED) is 0.519. The molecule has 0 spiro atoms. The first-order chi connectivity index (χ1) is 15.7. The molecule has 33 heavy (non-hydrogen) atoms. The number of hydrogen-bond acceptors (Lipinski definition) is 6. The largest absolute Gasteiger partial charge is 0.354 e. The fourth-order valence-corrected chi connectivity index (χ4v) is 6.08. The van der Waals surface area contributed by atoms with Crippen LogP contribution in [0, 0.1) is 0 Å². The number of amides is 3. The number of carbonyl (C=O) groups excluding carboxylic acids is 3. The topological polar surface area (TPSA) is 116 Å². The van der Waals surface area contributed by atoms with E-state index in [1.54, 1.807) is 24.0 Å². The minimum atomic E-state index is -3.85. The van der Waals surface area contributed by atoms with Gasteiger partial charge < -0.3 is 15.1 Å². The summed E-state index contributed by atoms with van der Waals surface area (Å²) in [5.41, 5.74) is 0. The standard InChI is InChI=1S/C21H29ClN4O5S2/c1-2-19(27)23-13-15-5-3-11-26(15)20(28)14-25-10-4-6-17(21(25)29)24-33(30,31)12-9-16-7-8-18(22)32-16/h7-9,12,15,17,24H,2-6,10-11,13-14H2,1H3,(H,23,27)/b12-9+/t15-,17-/m0/s1. The van der Waals surface area contributed by atoms with Crippen LogP contribution in [0.25, 0.3) is 6.08 Å². The predicted octanol–water partition coefficient (Wildman–Crippen LogP) is 1.80. The van der Waals surface area contributed by atoms with E-state index in [9.17, 15) is 22.8 Å². The summed E-state index contributed by atoms with van der Waals surface area (Å²) in [5, 5.41) is 3.85. The lowest BCUT2D eigenvalue weighted by atomic mass is 10.1. The molecule has 3 heterocycles. The van der Waals surface area contributed by atoms with E-state index in [0.717, 1.165) is 18.2 Å². The number of thiophene rings is 1. The van der Waals surface area contributed by atoms with Gasteiger partial charge in [-0.25, -0.2) is 8.42 Å². The molecule has 3 rings (SSSR count). The van der Waals surface area contributed by atoms with Crippen LogP contribution in [0.5, 0.6) is 0 Å². The van der Waals surface area contributed by atoms with Gasteiger partial charge in [-0.15, -0.1) is 11.3 Å². The molecule has 2 aliphatic heterocycles. The Hall–Kier alpha value is -1.95. The van der Waals surface area contributed by atoms with Crippen LogP contribution in [0.4, 0.5) is 0 Å². The van der Waals surface area contributed by atoms with Crippen molar-refractivity contribution in [2.45, 2.75) is 51.1 Å². The van der Waals surface area contributed by atoms with Gasteiger partial charge in [-0.05, 0) is 43.9 Å². The number of nitrogens with zero attached hydrogens (tertiary/aromatic N) is 2. The number of rotatable bonds is 9. The van der Waals surface area contributed by atoms with Gasteiger partial charge in [-0.1, -0.05) is 18.5 Å². The Bertz CT molecular complexity index is 1010. The number of carbonyl (C=O) groups is 3. The van der Waals surface area contributed by atoms with Gasteiger partial charge in [0.1, 0.15) is 6.04 Å². The van der Waals surface area contributed by atoms with Crippen molar-refractivity contribution in [3.8, 4) is 0 Å². The molecule has 2 saturated heterocycles. The maximum Gasteiger partial charge on any atom is 0.242 e. The fourth-order valence-electron chi connectivity index (χ4n) is 4.01. The normalized spacial score (nSPS) is 21.7. The molecule has 0 unspecified atom stereocenters. The van der Waals surface area contributed by atoms with Gasteiger partial charge in [0.25, 0.3) is 0 Å². The van der Waals surface area contributed by atoms with Crippen LogP contribution in [0.3, 0.4) is 0 Å². The molecule has 2 fully saturated rings. The smallest absolute Gasteiger partial charge is 0.242 e. The average Bonchev–Trinajstić information content (AvgIpc) is 3.42. The van der Waals surface area contributed by atoms with Crippen LogP contribution < -0.4 is 10.0 Å². The summed E-state index contributed by atoms with van der Waals surface area (Å²) in [6, 6.07) is 2.38. The van der Waals surface area contributed by atoms with Crippen molar-refractivity contribution >= 4 is 56.8 Å². The number of nitrogens with one attached hydrogen (secondary N) is 2. The first kappa shape index (κ1) is 25.7. The summed E-state index contributed by atoms with van der Waals surface area (Å²) in [4.78, 5) is 41.2. The van der Waals surface area contributed by atoms with Crippen molar-refractivity contribution in [1.82, 2.24) is 19.8 Å². The number of sulfonamides is 1.